The summed E-state index contributed by atoms with van der Waals surface area (Å²) < 4.78 is 1.52. The van der Waals surface area contributed by atoms with E-state index in [0.717, 1.165) is 31.3 Å². The number of allylic oxidation sites excluding steroid dienone is 3. The Labute approximate surface area is 277 Å². The van der Waals surface area contributed by atoms with Crippen molar-refractivity contribution in [2.24, 2.45) is 51.9 Å². The molecule has 9 atom stereocenters. The molecule has 5 aliphatic rings. The second kappa shape index (κ2) is 10.7. The number of aromatic nitrogens is 2. The van der Waals surface area contributed by atoms with Crippen molar-refractivity contribution in [2.45, 2.75) is 85.2 Å². The van der Waals surface area contributed by atoms with Crippen LogP contribution in [0.1, 0.15) is 89.9 Å². The molecular formula is C37H49N5O5. The summed E-state index contributed by atoms with van der Waals surface area (Å²) >= 11 is 0. The van der Waals surface area contributed by atoms with Crippen LogP contribution in [0.5, 0.6) is 0 Å². The van der Waals surface area contributed by atoms with E-state index in [1.54, 1.807) is 37.3 Å². The highest BCUT2D eigenvalue weighted by Gasteiger charge is 2.76. The van der Waals surface area contributed by atoms with Gasteiger partial charge in [-0.2, -0.15) is 10.4 Å². The number of fused-ring (bicyclic) bond motifs is 7. The summed E-state index contributed by atoms with van der Waals surface area (Å²) in [5.41, 5.74) is -3.35. The van der Waals surface area contributed by atoms with E-state index in [1.165, 1.54) is 10.9 Å². The van der Waals surface area contributed by atoms with Gasteiger partial charge in [0.05, 0.1) is 30.3 Å². The van der Waals surface area contributed by atoms with E-state index in [2.05, 4.69) is 44.2 Å². The molecule has 0 saturated heterocycles. The van der Waals surface area contributed by atoms with Gasteiger partial charge < -0.3 is 15.3 Å². The third kappa shape index (κ3) is 4.55. The summed E-state index contributed by atoms with van der Waals surface area (Å²) in [5, 5.41) is 30.8. The fourth-order valence-electron chi connectivity index (χ4n) is 10.8. The van der Waals surface area contributed by atoms with Crippen LogP contribution in [-0.4, -0.2) is 68.9 Å². The van der Waals surface area contributed by atoms with Gasteiger partial charge in [0.25, 0.3) is 5.91 Å². The molecular weight excluding hydrogens is 594 g/mol. The molecule has 0 aliphatic heterocycles. The molecule has 0 aromatic carbocycles. The average Bonchev–Trinajstić information content (AvgIpc) is 3.46. The number of ketones is 2. The zero-order valence-electron chi connectivity index (χ0n) is 28.9. The summed E-state index contributed by atoms with van der Waals surface area (Å²) in [4.78, 5) is 54.4. The smallest absolute Gasteiger partial charge is 0.254 e. The minimum atomic E-state index is -1.78. The fraction of sp³-hybridized carbons (Fsp3) is 0.676. The van der Waals surface area contributed by atoms with Crippen molar-refractivity contribution >= 4 is 23.4 Å². The Morgan fingerprint density at radius 2 is 1.83 bits per heavy atom. The van der Waals surface area contributed by atoms with Crippen LogP contribution >= 0.6 is 0 Å². The van der Waals surface area contributed by atoms with Crippen LogP contribution in [0.2, 0.25) is 0 Å². The summed E-state index contributed by atoms with van der Waals surface area (Å²) in [5.74, 6) is -2.13. The molecule has 252 valence electrons. The van der Waals surface area contributed by atoms with Gasteiger partial charge in [-0.1, -0.05) is 40.7 Å². The monoisotopic (exact) mass is 643 g/mol. The maximum Gasteiger partial charge on any atom is 0.254 e. The third-order valence-corrected chi connectivity index (χ3v) is 14.1. The highest BCUT2D eigenvalue weighted by atomic mass is 16.3. The fourth-order valence-corrected chi connectivity index (χ4v) is 10.8. The van der Waals surface area contributed by atoms with Gasteiger partial charge in [0.15, 0.2) is 11.6 Å². The summed E-state index contributed by atoms with van der Waals surface area (Å²) in [6, 6.07) is 2.58. The number of carbonyl (C=O) groups is 4. The van der Waals surface area contributed by atoms with Crippen molar-refractivity contribution in [2.75, 3.05) is 20.1 Å². The number of hydrogen-bond donors (Lipinski definition) is 2. The first-order valence-electron chi connectivity index (χ1n) is 17.0. The van der Waals surface area contributed by atoms with Crippen LogP contribution in [0.25, 0.3) is 0 Å². The summed E-state index contributed by atoms with van der Waals surface area (Å²) in [6.45, 7) is 10.6. The lowest BCUT2D eigenvalue weighted by Gasteiger charge is -2.71. The van der Waals surface area contributed by atoms with Crippen molar-refractivity contribution in [3.05, 3.63) is 41.8 Å². The maximum absolute atomic E-state index is 14.7. The molecule has 0 bridgehead atoms. The first kappa shape index (κ1) is 33.3. The minimum Gasteiger partial charge on any atom is -0.381 e. The summed E-state index contributed by atoms with van der Waals surface area (Å²) in [6.07, 6.45) is 13.2. The Hall–Kier alpha value is -3.58. The average molecular weight is 644 g/mol. The quantitative estimate of drug-likeness (QED) is 0.490. The predicted octanol–water partition coefficient (Wildman–Crippen LogP) is 4.16. The Kier molecular flexibility index (Phi) is 7.60. The van der Waals surface area contributed by atoms with Crippen LogP contribution in [0, 0.1) is 56.2 Å². The molecule has 10 nitrogen and oxygen atoms in total. The van der Waals surface area contributed by atoms with E-state index in [-0.39, 0.29) is 36.5 Å². The molecule has 6 rings (SSSR count). The van der Waals surface area contributed by atoms with Crippen LogP contribution < -0.4 is 5.32 Å². The van der Waals surface area contributed by atoms with E-state index in [1.807, 2.05) is 13.0 Å². The lowest BCUT2D eigenvalue weighted by molar-refractivity contribution is -0.252. The van der Waals surface area contributed by atoms with E-state index >= 15 is 0 Å². The zero-order chi connectivity index (χ0) is 34.4. The number of aliphatic hydroxyl groups is 1. The van der Waals surface area contributed by atoms with Crippen LogP contribution in [0.15, 0.2) is 36.2 Å². The van der Waals surface area contributed by atoms with Gasteiger partial charge in [-0.3, -0.25) is 23.9 Å². The van der Waals surface area contributed by atoms with Crippen LogP contribution in [0.3, 0.4) is 0 Å². The Morgan fingerprint density at radius 1 is 1.13 bits per heavy atom. The molecule has 3 saturated carbocycles. The number of nitrogens with zero attached hydrogens (tertiary/aromatic N) is 4. The molecule has 1 aromatic rings. The van der Waals surface area contributed by atoms with Crippen molar-refractivity contribution < 1.29 is 24.3 Å². The maximum atomic E-state index is 14.7. The zero-order valence-corrected chi connectivity index (χ0v) is 28.9. The highest BCUT2D eigenvalue weighted by molar-refractivity contribution is 6.01. The predicted molar refractivity (Wildman–Crippen MR) is 174 cm³/mol. The standard InChI is InChI=1S/C37H49N5O5/c1-32-12-13-33(2,22-41(6)29(45)20-39-31(46)23-19-40-42(7)21-23)26(18-38)30(32)37(47)28(44)17-27-34(3)10-9-25(43)16-24(34)8-11-35(27,4)36(37,5)15-14-32/h9-10,17,19,21,24,26,30,47H,8,11-16,20,22H2,1-7H3,(H,39,46). The summed E-state index contributed by atoms with van der Waals surface area (Å²) in [7, 11) is 3.39. The van der Waals surface area contributed by atoms with Crippen LogP contribution in [0.4, 0.5) is 0 Å². The number of nitriles is 1. The van der Waals surface area contributed by atoms with E-state index < -0.39 is 50.4 Å². The first-order chi connectivity index (χ1) is 21.9. The van der Waals surface area contributed by atoms with Crippen molar-refractivity contribution in [1.82, 2.24) is 20.0 Å². The molecule has 9 unspecified atom stereocenters. The minimum absolute atomic E-state index is 0.114. The lowest BCUT2D eigenvalue weighted by Crippen LogP contribution is -2.75. The van der Waals surface area contributed by atoms with E-state index in [0.29, 0.717) is 24.8 Å². The van der Waals surface area contributed by atoms with E-state index in [9.17, 15) is 29.5 Å². The number of nitrogens with one attached hydrogen (secondary N) is 1. The Morgan fingerprint density at radius 3 is 2.49 bits per heavy atom. The van der Waals surface area contributed by atoms with E-state index in [4.69, 9.17) is 0 Å². The van der Waals surface area contributed by atoms with Crippen molar-refractivity contribution in [3.63, 3.8) is 0 Å². The second-order valence-corrected chi connectivity index (χ2v) is 16.6. The molecule has 0 spiro atoms. The third-order valence-electron chi connectivity index (χ3n) is 14.1. The molecule has 2 N–H and O–H groups in total. The Bertz CT molecular complexity index is 1660. The largest absolute Gasteiger partial charge is 0.381 e. The molecule has 10 heteroatoms. The van der Waals surface area contributed by atoms with Crippen LogP contribution in [-0.2, 0) is 21.4 Å². The van der Waals surface area contributed by atoms with Gasteiger partial charge in [0.1, 0.15) is 5.60 Å². The Balaban J connectivity index is 1.32. The molecule has 2 amide bonds. The van der Waals surface area contributed by atoms with Gasteiger partial charge >= 0.3 is 0 Å². The van der Waals surface area contributed by atoms with Crippen molar-refractivity contribution in [3.8, 4) is 6.07 Å². The highest BCUT2D eigenvalue weighted by Crippen LogP contribution is 2.75. The molecule has 3 fully saturated rings. The number of rotatable bonds is 5. The van der Waals surface area contributed by atoms with Gasteiger partial charge in [-0.15, -0.1) is 0 Å². The number of hydrogen-bond acceptors (Lipinski definition) is 7. The molecule has 47 heavy (non-hydrogen) atoms. The SMILES string of the molecule is CN(CC1(C)CCC2(C)CCC3(C)C4(C)CCC5CC(=O)C=CC5(C)C4=CC(=O)C3(O)C2C1C#N)C(=O)CNC(=O)c1cnn(C)c1. The molecule has 0 radical (unpaired) electrons. The lowest BCUT2D eigenvalue weighted by atomic mass is 9.32. The number of carbonyl (C=O) groups excluding carboxylic acids is 4. The van der Waals surface area contributed by atoms with Gasteiger partial charge in [-0.05, 0) is 73.0 Å². The topological polar surface area (TPSA) is 145 Å². The first-order valence-corrected chi connectivity index (χ1v) is 17.0. The van der Waals surface area contributed by atoms with Crippen molar-refractivity contribution in [1.29, 1.82) is 5.26 Å². The number of aryl methyl sites for hydroxylation is 1. The normalized spacial score (nSPS) is 42.2. The second-order valence-electron chi connectivity index (χ2n) is 16.6. The number of amides is 2. The number of likely N-dealkylation sites (N-methyl/N-ethyl adjacent to an activating group) is 1. The molecule has 5 aliphatic carbocycles. The van der Waals surface area contributed by atoms with Gasteiger partial charge in [-0.25, -0.2) is 0 Å². The molecule has 1 heterocycles. The van der Waals surface area contributed by atoms with Gasteiger partial charge in [0, 0.05) is 55.4 Å². The van der Waals surface area contributed by atoms with Gasteiger partial charge in [0.2, 0.25) is 5.91 Å². The molecule has 1 aromatic heterocycles.